The molecule has 0 rings (SSSR count). The van der Waals surface area contributed by atoms with Gasteiger partial charge in [-0.05, 0) is 83.5 Å². The summed E-state index contributed by atoms with van der Waals surface area (Å²) in [6, 6.07) is -0.550. The maximum Gasteiger partial charge on any atom is 0.305 e. The summed E-state index contributed by atoms with van der Waals surface area (Å²) in [5, 5.41) is 23.3. The van der Waals surface area contributed by atoms with Gasteiger partial charge < -0.3 is 20.3 Å². The van der Waals surface area contributed by atoms with Crippen LogP contribution in [0.15, 0.2) is 36.5 Å². The molecule has 0 heterocycles. The topological polar surface area (TPSA) is 95.9 Å². The van der Waals surface area contributed by atoms with Crippen LogP contribution in [0.1, 0.15) is 316 Å². The third-order valence-electron chi connectivity index (χ3n) is 13.7. The standard InChI is InChI=1S/C61H115NO5/c1-3-5-7-9-11-13-15-17-18-19-23-26-30-33-37-41-45-49-53-59(64)58(57-63)62-60(65)54-50-46-42-38-34-31-27-24-21-20-22-25-28-32-36-40-44-48-52-56-67-61(66)55-51-47-43-39-35-29-16-14-12-10-8-6-4-2/h14,16,25,28,32,36,58-59,63-64H,3-13,15,17-24,26-27,29-31,33-35,37-57H2,1-2H3,(H,62,65)/b16-14-,28-25-,36-32-. The van der Waals surface area contributed by atoms with Gasteiger partial charge in [-0.25, -0.2) is 0 Å². The fourth-order valence-electron chi connectivity index (χ4n) is 9.10. The number of unbranched alkanes of at least 4 members (excludes halogenated alkanes) is 39. The lowest BCUT2D eigenvalue weighted by Gasteiger charge is -2.22. The first-order valence-corrected chi connectivity index (χ1v) is 29.8. The van der Waals surface area contributed by atoms with Crippen LogP contribution in [0.3, 0.4) is 0 Å². The number of allylic oxidation sites excluding steroid dienone is 6. The third kappa shape index (κ3) is 53.3. The van der Waals surface area contributed by atoms with E-state index in [1.165, 1.54) is 212 Å². The Kier molecular flexibility index (Phi) is 55.0. The summed E-state index contributed by atoms with van der Waals surface area (Å²) < 4.78 is 5.44. The molecule has 0 radical (unpaired) electrons. The van der Waals surface area contributed by atoms with Gasteiger partial charge in [-0.3, -0.25) is 9.59 Å². The van der Waals surface area contributed by atoms with E-state index in [9.17, 15) is 19.8 Å². The van der Waals surface area contributed by atoms with Crippen LogP contribution in [0, 0.1) is 0 Å². The van der Waals surface area contributed by atoms with Crippen LogP contribution in [0.25, 0.3) is 0 Å². The molecule has 0 saturated heterocycles. The second-order valence-electron chi connectivity index (χ2n) is 20.4. The number of esters is 1. The van der Waals surface area contributed by atoms with Crippen LogP contribution in [0.2, 0.25) is 0 Å². The van der Waals surface area contributed by atoms with Crippen LogP contribution < -0.4 is 5.32 Å². The van der Waals surface area contributed by atoms with Gasteiger partial charge in [-0.15, -0.1) is 0 Å². The largest absolute Gasteiger partial charge is 0.466 e. The van der Waals surface area contributed by atoms with Crippen molar-refractivity contribution in [1.82, 2.24) is 5.32 Å². The van der Waals surface area contributed by atoms with Crippen LogP contribution in [0.5, 0.6) is 0 Å². The van der Waals surface area contributed by atoms with E-state index in [4.69, 9.17) is 4.74 Å². The molecular formula is C61H115NO5. The van der Waals surface area contributed by atoms with Gasteiger partial charge in [-0.2, -0.15) is 0 Å². The Morgan fingerprint density at radius 2 is 0.746 bits per heavy atom. The van der Waals surface area contributed by atoms with Gasteiger partial charge in [0.05, 0.1) is 25.4 Å². The smallest absolute Gasteiger partial charge is 0.305 e. The lowest BCUT2D eigenvalue weighted by atomic mass is 10.0. The lowest BCUT2D eigenvalue weighted by molar-refractivity contribution is -0.143. The number of carbonyl (C=O) groups is 2. The number of ether oxygens (including phenoxy) is 1. The van der Waals surface area contributed by atoms with Crippen LogP contribution >= 0.6 is 0 Å². The van der Waals surface area contributed by atoms with E-state index >= 15 is 0 Å². The summed E-state index contributed by atoms with van der Waals surface area (Å²) in [5.41, 5.74) is 0. The van der Waals surface area contributed by atoms with E-state index in [0.29, 0.717) is 25.9 Å². The Morgan fingerprint density at radius 1 is 0.418 bits per heavy atom. The summed E-state index contributed by atoms with van der Waals surface area (Å²) in [5.74, 6) is -0.0658. The molecular weight excluding hydrogens is 827 g/mol. The minimum atomic E-state index is -0.672. The Balaban J connectivity index is 3.49. The second kappa shape index (κ2) is 56.7. The van der Waals surface area contributed by atoms with Crippen molar-refractivity contribution in [1.29, 1.82) is 0 Å². The first-order chi connectivity index (χ1) is 33.0. The predicted molar refractivity (Wildman–Crippen MR) is 292 cm³/mol. The molecule has 0 aromatic carbocycles. The van der Waals surface area contributed by atoms with E-state index in [1.807, 2.05) is 0 Å². The van der Waals surface area contributed by atoms with Gasteiger partial charge in [-0.1, -0.05) is 256 Å². The average Bonchev–Trinajstić information content (AvgIpc) is 3.33. The zero-order chi connectivity index (χ0) is 48.6. The zero-order valence-electron chi connectivity index (χ0n) is 44.9. The quantitative estimate of drug-likeness (QED) is 0.0244. The van der Waals surface area contributed by atoms with Crippen molar-refractivity contribution in [2.75, 3.05) is 13.2 Å². The highest BCUT2D eigenvalue weighted by Gasteiger charge is 2.20. The number of hydrogen-bond donors (Lipinski definition) is 3. The molecule has 0 saturated carbocycles. The highest BCUT2D eigenvalue weighted by Crippen LogP contribution is 2.17. The minimum Gasteiger partial charge on any atom is -0.466 e. The molecule has 3 N–H and O–H groups in total. The van der Waals surface area contributed by atoms with Crippen molar-refractivity contribution in [3.8, 4) is 0 Å². The molecule has 1 amide bonds. The van der Waals surface area contributed by atoms with Gasteiger partial charge in [0.25, 0.3) is 0 Å². The second-order valence-corrected chi connectivity index (χ2v) is 20.4. The van der Waals surface area contributed by atoms with Crippen molar-refractivity contribution >= 4 is 11.9 Å². The highest BCUT2D eigenvalue weighted by molar-refractivity contribution is 5.76. The molecule has 6 nitrogen and oxygen atoms in total. The van der Waals surface area contributed by atoms with Crippen molar-refractivity contribution in [2.45, 2.75) is 328 Å². The third-order valence-corrected chi connectivity index (χ3v) is 13.7. The summed E-state index contributed by atoms with van der Waals surface area (Å²) in [7, 11) is 0. The maximum absolute atomic E-state index is 12.5. The number of aliphatic hydroxyl groups excluding tert-OH is 2. The van der Waals surface area contributed by atoms with E-state index in [-0.39, 0.29) is 18.5 Å². The van der Waals surface area contributed by atoms with Crippen molar-refractivity contribution in [3.63, 3.8) is 0 Å². The van der Waals surface area contributed by atoms with Gasteiger partial charge in [0.15, 0.2) is 0 Å². The fourth-order valence-corrected chi connectivity index (χ4v) is 9.10. The molecule has 394 valence electrons. The van der Waals surface area contributed by atoms with Crippen molar-refractivity contribution < 1.29 is 24.5 Å². The van der Waals surface area contributed by atoms with Gasteiger partial charge in [0.2, 0.25) is 5.91 Å². The molecule has 0 aliphatic rings. The molecule has 2 unspecified atom stereocenters. The number of hydrogen-bond acceptors (Lipinski definition) is 5. The monoisotopic (exact) mass is 942 g/mol. The summed E-state index contributed by atoms with van der Waals surface area (Å²) >= 11 is 0. The van der Waals surface area contributed by atoms with Crippen LogP contribution in [-0.2, 0) is 14.3 Å². The molecule has 0 aliphatic carbocycles. The number of carbonyl (C=O) groups excluding carboxylic acids is 2. The van der Waals surface area contributed by atoms with E-state index < -0.39 is 12.1 Å². The minimum absolute atomic E-state index is 0.0225. The van der Waals surface area contributed by atoms with Gasteiger partial charge in [0, 0.05) is 12.8 Å². The van der Waals surface area contributed by atoms with Crippen LogP contribution in [-0.4, -0.2) is 47.4 Å². The molecule has 67 heavy (non-hydrogen) atoms. The number of aliphatic hydroxyl groups is 2. The fraction of sp³-hybridized carbons (Fsp3) is 0.869. The van der Waals surface area contributed by atoms with Gasteiger partial charge >= 0.3 is 5.97 Å². The molecule has 0 bridgehead atoms. The summed E-state index contributed by atoms with van der Waals surface area (Å²) in [6.07, 6.45) is 70.0. The Hall–Kier alpha value is -1.92. The van der Waals surface area contributed by atoms with Crippen molar-refractivity contribution in [3.05, 3.63) is 36.5 Å². The molecule has 0 aromatic heterocycles. The molecule has 0 fully saturated rings. The molecule has 0 aromatic rings. The predicted octanol–water partition coefficient (Wildman–Crippen LogP) is 18.4. The Labute approximate surface area is 417 Å². The lowest BCUT2D eigenvalue weighted by Crippen LogP contribution is -2.45. The first kappa shape index (κ1) is 65.1. The zero-order valence-corrected chi connectivity index (χ0v) is 44.9. The van der Waals surface area contributed by atoms with E-state index in [1.54, 1.807) is 0 Å². The molecule has 0 spiro atoms. The number of amides is 1. The first-order valence-electron chi connectivity index (χ1n) is 29.8. The van der Waals surface area contributed by atoms with E-state index in [0.717, 1.165) is 70.6 Å². The van der Waals surface area contributed by atoms with Gasteiger partial charge in [0.1, 0.15) is 0 Å². The Morgan fingerprint density at radius 3 is 1.16 bits per heavy atom. The molecule has 6 heteroatoms. The van der Waals surface area contributed by atoms with Crippen LogP contribution in [0.4, 0.5) is 0 Å². The molecule has 0 aliphatic heterocycles. The molecule has 2 atom stereocenters. The Bertz CT molecular complexity index is 1090. The number of nitrogens with one attached hydrogen (secondary N) is 1. The number of rotatable bonds is 55. The van der Waals surface area contributed by atoms with Crippen molar-refractivity contribution in [2.24, 2.45) is 0 Å². The summed E-state index contributed by atoms with van der Waals surface area (Å²) in [6.45, 7) is 4.91. The SMILES string of the molecule is CCCCCC/C=C\CCCCCCCC(=O)OCCCCC/C=C\C=C/CCCCCCCCCCCCC(=O)NC(CO)C(O)CCCCCCCCCCCCCCCCCCCC. The van der Waals surface area contributed by atoms with E-state index in [2.05, 4.69) is 55.6 Å². The summed E-state index contributed by atoms with van der Waals surface area (Å²) in [4.78, 5) is 24.5. The normalized spacial score (nSPS) is 12.8. The average molecular weight is 943 g/mol. The highest BCUT2D eigenvalue weighted by atomic mass is 16.5. The maximum atomic E-state index is 12.5.